The second kappa shape index (κ2) is 4.84. The average Bonchev–Trinajstić information content (AvgIpc) is 2.76. The lowest BCUT2D eigenvalue weighted by Crippen LogP contribution is -2.01. The number of halogens is 2. The SMILES string of the molecule is COc1ccc(Br)cc1-n1cnnc1CCl. The Morgan fingerprint density at radius 2 is 2.31 bits per heavy atom. The third-order valence-electron chi connectivity index (χ3n) is 2.14. The number of nitrogens with zero attached hydrogens (tertiary/aromatic N) is 3. The maximum Gasteiger partial charge on any atom is 0.152 e. The van der Waals surface area contributed by atoms with E-state index in [1.165, 1.54) is 0 Å². The molecule has 0 aliphatic carbocycles. The van der Waals surface area contributed by atoms with Gasteiger partial charge in [0.2, 0.25) is 0 Å². The van der Waals surface area contributed by atoms with E-state index in [9.17, 15) is 0 Å². The van der Waals surface area contributed by atoms with E-state index in [1.54, 1.807) is 18.0 Å². The highest BCUT2D eigenvalue weighted by atomic mass is 79.9. The summed E-state index contributed by atoms with van der Waals surface area (Å²) in [5.74, 6) is 1.72. The van der Waals surface area contributed by atoms with Gasteiger partial charge in [-0.1, -0.05) is 15.9 Å². The highest BCUT2D eigenvalue weighted by Gasteiger charge is 2.10. The van der Waals surface area contributed by atoms with Crippen LogP contribution in [0.4, 0.5) is 0 Å². The molecule has 4 nitrogen and oxygen atoms in total. The molecule has 2 rings (SSSR count). The molecule has 2 aromatic rings. The minimum absolute atomic E-state index is 0.301. The Bertz CT molecular complexity index is 501. The van der Waals surface area contributed by atoms with E-state index < -0.39 is 0 Å². The van der Waals surface area contributed by atoms with Gasteiger partial charge in [0.25, 0.3) is 0 Å². The zero-order valence-corrected chi connectivity index (χ0v) is 10.9. The molecule has 1 aromatic carbocycles. The molecule has 0 amide bonds. The van der Waals surface area contributed by atoms with Gasteiger partial charge in [-0.15, -0.1) is 21.8 Å². The van der Waals surface area contributed by atoms with Gasteiger partial charge in [0, 0.05) is 4.47 Å². The summed E-state index contributed by atoms with van der Waals surface area (Å²) in [6.07, 6.45) is 1.61. The maximum atomic E-state index is 5.78. The molecular weight excluding hydrogens is 293 g/mol. The van der Waals surface area contributed by atoms with Crippen molar-refractivity contribution in [3.63, 3.8) is 0 Å². The first kappa shape index (κ1) is 11.4. The third-order valence-corrected chi connectivity index (χ3v) is 2.87. The summed E-state index contributed by atoms with van der Waals surface area (Å²) in [4.78, 5) is 0. The Balaban J connectivity index is 2.58. The van der Waals surface area contributed by atoms with Gasteiger partial charge in [0.15, 0.2) is 5.82 Å². The number of alkyl halides is 1. The Labute approximate surface area is 106 Å². The van der Waals surface area contributed by atoms with Crippen LogP contribution in [-0.2, 0) is 5.88 Å². The normalized spacial score (nSPS) is 10.4. The van der Waals surface area contributed by atoms with Crippen molar-refractivity contribution < 1.29 is 4.74 Å². The molecule has 0 spiro atoms. The summed E-state index contributed by atoms with van der Waals surface area (Å²) >= 11 is 9.20. The van der Waals surface area contributed by atoms with Crippen molar-refractivity contribution in [2.45, 2.75) is 5.88 Å². The molecule has 16 heavy (non-hydrogen) atoms. The van der Waals surface area contributed by atoms with E-state index in [-0.39, 0.29) is 0 Å². The van der Waals surface area contributed by atoms with Gasteiger partial charge in [-0.2, -0.15) is 0 Å². The molecule has 0 bridgehead atoms. The van der Waals surface area contributed by atoms with Crippen molar-refractivity contribution in [3.05, 3.63) is 34.8 Å². The van der Waals surface area contributed by atoms with Crippen LogP contribution in [-0.4, -0.2) is 21.9 Å². The first-order valence-electron chi connectivity index (χ1n) is 4.55. The van der Waals surface area contributed by atoms with Gasteiger partial charge < -0.3 is 4.74 Å². The summed E-state index contributed by atoms with van der Waals surface area (Å²) < 4.78 is 8.04. The molecule has 0 saturated heterocycles. The third kappa shape index (κ3) is 2.05. The second-order valence-electron chi connectivity index (χ2n) is 3.07. The first-order valence-corrected chi connectivity index (χ1v) is 5.87. The molecule has 0 N–H and O–H groups in total. The van der Waals surface area contributed by atoms with E-state index >= 15 is 0 Å². The molecule has 0 unspecified atom stereocenters. The van der Waals surface area contributed by atoms with Crippen LogP contribution in [0.3, 0.4) is 0 Å². The fourth-order valence-electron chi connectivity index (χ4n) is 1.40. The largest absolute Gasteiger partial charge is 0.495 e. The predicted molar refractivity (Wildman–Crippen MR) is 65.2 cm³/mol. The van der Waals surface area contributed by atoms with Gasteiger partial charge in [-0.05, 0) is 18.2 Å². The molecule has 1 heterocycles. The highest BCUT2D eigenvalue weighted by molar-refractivity contribution is 9.10. The number of hydrogen-bond donors (Lipinski definition) is 0. The van der Waals surface area contributed by atoms with Gasteiger partial charge in [0.05, 0.1) is 18.7 Å². The molecule has 0 saturated carbocycles. The molecule has 6 heteroatoms. The highest BCUT2D eigenvalue weighted by Crippen LogP contribution is 2.27. The van der Waals surface area contributed by atoms with Crippen molar-refractivity contribution in [1.82, 2.24) is 14.8 Å². The van der Waals surface area contributed by atoms with Crippen LogP contribution in [0.1, 0.15) is 5.82 Å². The summed E-state index contributed by atoms with van der Waals surface area (Å²) in [5, 5.41) is 7.76. The van der Waals surface area contributed by atoms with Crippen molar-refractivity contribution in [3.8, 4) is 11.4 Å². The van der Waals surface area contributed by atoms with E-state index in [4.69, 9.17) is 16.3 Å². The molecule has 1 aromatic heterocycles. The number of methoxy groups -OCH3 is 1. The smallest absolute Gasteiger partial charge is 0.152 e. The monoisotopic (exact) mass is 301 g/mol. The molecule has 0 radical (unpaired) electrons. The Morgan fingerprint density at radius 3 is 3.00 bits per heavy atom. The van der Waals surface area contributed by atoms with Gasteiger partial charge in [0.1, 0.15) is 12.1 Å². The summed E-state index contributed by atoms with van der Waals surface area (Å²) in [5.41, 5.74) is 0.859. The quantitative estimate of drug-likeness (QED) is 0.819. The minimum Gasteiger partial charge on any atom is -0.495 e. The number of rotatable bonds is 3. The van der Waals surface area contributed by atoms with E-state index in [0.717, 1.165) is 15.9 Å². The van der Waals surface area contributed by atoms with Crippen molar-refractivity contribution >= 4 is 27.5 Å². The molecule has 0 aliphatic rings. The van der Waals surface area contributed by atoms with Crippen molar-refractivity contribution in [2.24, 2.45) is 0 Å². The van der Waals surface area contributed by atoms with Crippen LogP contribution >= 0.6 is 27.5 Å². The van der Waals surface area contributed by atoms with Gasteiger partial charge >= 0.3 is 0 Å². The number of benzene rings is 1. The molecule has 0 atom stereocenters. The Morgan fingerprint density at radius 1 is 1.50 bits per heavy atom. The molecule has 0 fully saturated rings. The lowest BCUT2D eigenvalue weighted by Gasteiger charge is -2.10. The lowest BCUT2D eigenvalue weighted by molar-refractivity contribution is 0.412. The van der Waals surface area contributed by atoms with E-state index in [0.29, 0.717) is 11.7 Å². The lowest BCUT2D eigenvalue weighted by atomic mass is 10.3. The van der Waals surface area contributed by atoms with Crippen LogP contribution in [0, 0.1) is 0 Å². The topological polar surface area (TPSA) is 39.9 Å². The molecular formula is C10H9BrClN3O. The standard InChI is InChI=1S/C10H9BrClN3O/c1-16-9-3-2-7(11)4-8(9)15-6-13-14-10(15)5-12/h2-4,6H,5H2,1H3. The predicted octanol–water partition coefficient (Wildman–Crippen LogP) is 2.78. The van der Waals surface area contributed by atoms with Crippen molar-refractivity contribution in [2.75, 3.05) is 7.11 Å². The van der Waals surface area contributed by atoms with Crippen LogP contribution < -0.4 is 4.74 Å². The zero-order chi connectivity index (χ0) is 11.5. The minimum atomic E-state index is 0.301. The van der Waals surface area contributed by atoms with E-state index in [2.05, 4.69) is 26.1 Å². The van der Waals surface area contributed by atoms with Gasteiger partial charge in [-0.25, -0.2) is 0 Å². The summed E-state index contributed by atoms with van der Waals surface area (Å²) in [6.45, 7) is 0. The molecule has 84 valence electrons. The summed E-state index contributed by atoms with van der Waals surface area (Å²) in [6, 6.07) is 5.71. The van der Waals surface area contributed by atoms with Crippen LogP contribution in [0.15, 0.2) is 29.0 Å². The van der Waals surface area contributed by atoms with Crippen LogP contribution in [0.25, 0.3) is 5.69 Å². The number of aromatic nitrogens is 3. The van der Waals surface area contributed by atoms with Crippen LogP contribution in [0.2, 0.25) is 0 Å². The van der Waals surface area contributed by atoms with Crippen molar-refractivity contribution in [1.29, 1.82) is 0 Å². The molecule has 0 aliphatic heterocycles. The Kier molecular flexibility index (Phi) is 3.46. The zero-order valence-electron chi connectivity index (χ0n) is 8.52. The second-order valence-corrected chi connectivity index (χ2v) is 4.25. The maximum absolute atomic E-state index is 5.78. The Hall–Kier alpha value is -1.07. The first-order chi connectivity index (χ1) is 7.76. The fourth-order valence-corrected chi connectivity index (χ4v) is 1.93. The van der Waals surface area contributed by atoms with Gasteiger partial charge in [-0.3, -0.25) is 4.57 Å². The van der Waals surface area contributed by atoms with E-state index in [1.807, 2.05) is 18.2 Å². The average molecular weight is 303 g/mol. The number of hydrogen-bond acceptors (Lipinski definition) is 3. The van der Waals surface area contributed by atoms with Crippen LogP contribution in [0.5, 0.6) is 5.75 Å². The fraction of sp³-hybridized carbons (Fsp3) is 0.200. The number of ether oxygens (including phenoxy) is 1. The summed E-state index contributed by atoms with van der Waals surface area (Å²) in [7, 11) is 1.62.